The zero-order valence-corrected chi connectivity index (χ0v) is 10.9. The maximum Gasteiger partial charge on any atom is 0.0446 e. The van der Waals surface area contributed by atoms with Gasteiger partial charge >= 0.3 is 0 Å². The first-order valence-corrected chi connectivity index (χ1v) is 7.49. The summed E-state index contributed by atoms with van der Waals surface area (Å²) in [5.41, 5.74) is 1.34. The van der Waals surface area contributed by atoms with Crippen LogP contribution in [0, 0.1) is 0 Å². The molecule has 0 bridgehead atoms. The molecule has 0 spiro atoms. The monoisotopic (exact) mass is 245 g/mol. The summed E-state index contributed by atoms with van der Waals surface area (Å²) in [6, 6.07) is 2.93. The van der Waals surface area contributed by atoms with Crippen molar-refractivity contribution < 1.29 is 5.11 Å². The van der Waals surface area contributed by atoms with Crippen LogP contribution in [0.1, 0.15) is 24.9 Å². The van der Waals surface area contributed by atoms with Crippen LogP contribution in [-0.4, -0.2) is 29.8 Å². The number of aliphatic hydroxyl groups excluding tert-OH is 1. The molecule has 0 saturated carbocycles. The Morgan fingerprint density at radius 2 is 2.40 bits per heavy atom. The summed E-state index contributed by atoms with van der Waals surface area (Å²) in [6.45, 7) is 2.43. The van der Waals surface area contributed by atoms with Crippen LogP contribution in [0.3, 0.4) is 0 Å². The van der Waals surface area contributed by atoms with Gasteiger partial charge in [-0.2, -0.15) is 23.1 Å². The lowest BCUT2D eigenvalue weighted by molar-refractivity contribution is 0.266. The summed E-state index contributed by atoms with van der Waals surface area (Å²) in [6.07, 6.45) is 2.93. The molecule has 15 heavy (non-hydrogen) atoms. The van der Waals surface area contributed by atoms with Crippen molar-refractivity contribution in [2.24, 2.45) is 0 Å². The average molecular weight is 245 g/mol. The van der Waals surface area contributed by atoms with Crippen LogP contribution >= 0.6 is 23.1 Å². The summed E-state index contributed by atoms with van der Waals surface area (Å²) in [4.78, 5) is 0. The third-order valence-electron chi connectivity index (χ3n) is 2.37. The van der Waals surface area contributed by atoms with E-state index in [1.807, 2.05) is 11.8 Å². The topological polar surface area (TPSA) is 32.3 Å². The van der Waals surface area contributed by atoms with Gasteiger partial charge in [-0.25, -0.2) is 0 Å². The Bertz CT molecular complexity index is 245. The first-order valence-electron chi connectivity index (χ1n) is 5.16. The van der Waals surface area contributed by atoms with Crippen LogP contribution in [0.5, 0.6) is 0 Å². The maximum absolute atomic E-state index is 8.96. The van der Waals surface area contributed by atoms with E-state index in [1.54, 1.807) is 11.3 Å². The van der Waals surface area contributed by atoms with Gasteiger partial charge in [-0.15, -0.1) is 0 Å². The Morgan fingerprint density at radius 1 is 1.60 bits per heavy atom. The highest BCUT2D eigenvalue weighted by atomic mass is 32.2. The molecule has 0 aromatic carbocycles. The number of rotatable bonds is 7. The molecular formula is C11H19NOS2. The van der Waals surface area contributed by atoms with E-state index in [0.717, 1.165) is 12.2 Å². The van der Waals surface area contributed by atoms with E-state index in [1.165, 1.54) is 5.56 Å². The van der Waals surface area contributed by atoms with Gasteiger partial charge < -0.3 is 10.4 Å². The van der Waals surface area contributed by atoms with Crippen LogP contribution in [0.25, 0.3) is 0 Å². The zero-order valence-electron chi connectivity index (χ0n) is 9.27. The number of hydrogen-bond donors (Lipinski definition) is 2. The molecule has 2 N–H and O–H groups in total. The molecule has 4 heteroatoms. The molecule has 0 amide bonds. The molecule has 2 nitrogen and oxygen atoms in total. The Hall–Kier alpha value is -0.0300. The van der Waals surface area contributed by atoms with Crippen molar-refractivity contribution >= 4 is 23.1 Å². The lowest BCUT2D eigenvalue weighted by atomic mass is 10.1. The van der Waals surface area contributed by atoms with E-state index in [4.69, 9.17) is 5.11 Å². The predicted octanol–water partition coefficient (Wildman–Crippen LogP) is 2.51. The number of thiophene rings is 1. The van der Waals surface area contributed by atoms with Gasteiger partial charge in [0.2, 0.25) is 0 Å². The smallest absolute Gasteiger partial charge is 0.0446 e. The summed E-state index contributed by atoms with van der Waals surface area (Å²) in [7, 11) is 0. The first-order chi connectivity index (χ1) is 7.27. The minimum atomic E-state index is 0.259. The Labute approximate surface area is 100 Å². The molecule has 0 saturated heterocycles. The lowest BCUT2D eigenvalue weighted by Crippen LogP contribution is -2.34. The molecule has 1 heterocycles. The van der Waals surface area contributed by atoms with E-state index < -0.39 is 0 Å². The van der Waals surface area contributed by atoms with Crippen LogP contribution < -0.4 is 5.32 Å². The number of hydrogen-bond acceptors (Lipinski definition) is 4. The fraction of sp³-hybridized carbons (Fsp3) is 0.636. The average Bonchev–Trinajstić information content (AvgIpc) is 2.71. The van der Waals surface area contributed by atoms with Crippen LogP contribution in [0.15, 0.2) is 16.8 Å². The summed E-state index contributed by atoms with van der Waals surface area (Å²) in [5.74, 6) is 1.05. The standard InChI is InChI=1S/C11H19NOS2/c1-9(10-4-6-15-7-10)12-11(3-5-13)8-14-2/h4,6-7,9,11-13H,3,5,8H2,1-2H3. The molecule has 1 rings (SSSR count). The number of aliphatic hydroxyl groups is 1. The van der Waals surface area contributed by atoms with Crippen molar-refractivity contribution in [2.45, 2.75) is 25.4 Å². The number of thioether (sulfide) groups is 1. The Morgan fingerprint density at radius 3 is 2.93 bits per heavy atom. The fourth-order valence-electron chi connectivity index (χ4n) is 1.54. The maximum atomic E-state index is 8.96. The van der Waals surface area contributed by atoms with Crippen LogP contribution in [0.4, 0.5) is 0 Å². The minimum absolute atomic E-state index is 0.259. The molecule has 1 aromatic rings. The molecule has 1 aromatic heterocycles. The van der Waals surface area contributed by atoms with Gasteiger partial charge in [0, 0.05) is 24.4 Å². The minimum Gasteiger partial charge on any atom is -0.396 e. The fourth-order valence-corrected chi connectivity index (χ4v) is 2.96. The second kappa shape index (κ2) is 7.28. The molecule has 0 aliphatic carbocycles. The van der Waals surface area contributed by atoms with E-state index >= 15 is 0 Å². The van der Waals surface area contributed by atoms with Gasteiger partial charge in [0.1, 0.15) is 0 Å². The van der Waals surface area contributed by atoms with E-state index in [-0.39, 0.29) is 6.61 Å². The van der Waals surface area contributed by atoms with Gasteiger partial charge in [-0.05, 0) is 42.0 Å². The molecular weight excluding hydrogens is 226 g/mol. The molecule has 2 atom stereocenters. The predicted molar refractivity (Wildman–Crippen MR) is 69.7 cm³/mol. The van der Waals surface area contributed by atoms with Gasteiger partial charge in [-0.3, -0.25) is 0 Å². The van der Waals surface area contributed by atoms with Gasteiger partial charge in [-0.1, -0.05) is 0 Å². The van der Waals surface area contributed by atoms with Crippen LogP contribution in [-0.2, 0) is 0 Å². The second-order valence-corrected chi connectivity index (χ2v) is 5.30. The van der Waals surface area contributed by atoms with Gasteiger partial charge in [0.25, 0.3) is 0 Å². The Kier molecular flexibility index (Phi) is 6.32. The first kappa shape index (κ1) is 13.0. The van der Waals surface area contributed by atoms with Crippen molar-refractivity contribution in [1.29, 1.82) is 0 Å². The van der Waals surface area contributed by atoms with Crippen LogP contribution in [0.2, 0.25) is 0 Å². The van der Waals surface area contributed by atoms with E-state index in [9.17, 15) is 0 Å². The highest BCUT2D eigenvalue weighted by Gasteiger charge is 2.12. The summed E-state index contributed by atoms with van der Waals surface area (Å²) >= 11 is 3.55. The summed E-state index contributed by atoms with van der Waals surface area (Å²) < 4.78 is 0. The largest absolute Gasteiger partial charge is 0.396 e. The van der Waals surface area contributed by atoms with Crippen molar-refractivity contribution in [3.05, 3.63) is 22.4 Å². The third kappa shape index (κ3) is 4.55. The molecule has 0 radical (unpaired) electrons. The zero-order chi connectivity index (χ0) is 11.1. The summed E-state index contributed by atoms with van der Waals surface area (Å²) in [5, 5.41) is 16.8. The van der Waals surface area contributed by atoms with Crippen molar-refractivity contribution in [3.8, 4) is 0 Å². The molecule has 0 aliphatic rings. The Balaban J connectivity index is 2.43. The highest BCUT2D eigenvalue weighted by molar-refractivity contribution is 7.98. The molecule has 86 valence electrons. The van der Waals surface area contributed by atoms with Gasteiger partial charge in [0.05, 0.1) is 0 Å². The van der Waals surface area contributed by atoms with E-state index in [2.05, 4.69) is 35.3 Å². The second-order valence-electron chi connectivity index (χ2n) is 3.61. The van der Waals surface area contributed by atoms with Crippen molar-refractivity contribution in [2.75, 3.05) is 18.6 Å². The third-order valence-corrected chi connectivity index (χ3v) is 3.81. The number of nitrogens with one attached hydrogen (secondary N) is 1. The quantitative estimate of drug-likeness (QED) is 0.774. The normalized spacial score (nSPS) is 15.1. The lowest BCUT2D eigenvalue weighted by Gasteiger charge is -2.21. The highest BCUT2D eigenvalue weighted by Crippen LogP contribution is 2.17. The molecule has 0 fully saturated rings. The van der Waals surface area contributed by atoms with Gasteiger partial charge in [0.15, 0.2) is 0 Å². The van der Waals surface area contributed by atoms with E-state index in [0.29, 0.717) is 12.1 Å². The van der Waals surface area contributed by atoms with Crippen molar-refractivity contribution in [3.63, 3.8) is 0 Å². The van der Waals surface area contributed by atoms with Crippen molar-refractivity contribution in [1.82, 2.24) is 5.32 Å². The molecule has 0 aliphatic heterocycles. The SMILES string of the molecule is CSCC(CCO)NC(C)c1ccsc1. The molecule has 2 unspecified atom stereocenters.